The summed E-state index contributed by atoms with van der Waals surface area (Å²) in [5.74, 6) is -0.129. The molecule has 212 valence electrons. The first-order valence-electron chi connectivity index (χ1n) is 12.7. The number of rotatable bonds is 10. The molecule has 4 rings (SSSR count). The number of anilines is 1. The number of halogens is 2. The first kappa shape index (κ1) is 30.1. The van der Waals surface area contributed by atoms with E-state index in [-0.39, 0.29) is 11.5 Å². The fourth-order valence-electron chi connectivity index (χ4n) is 3.87. The Hall–Kier alpha value is -4.85. The molecule has 0 radical (unpaired) electrons. The number of carbonyl (C=O) groups is 3. The third-order valence-corrected chi connectivity index (χ3v) is 6.76. The van der Waals surface area contributed by atoms with Crippen molar-refractivity contribution in [1.29, 1.82) is 0 Å². The topological polar surface area (TPSA) is 93.7 Å². The van der Waals surface area contributed by atoms with Crippen molar-refractivity contribution in [2.75, 3.05) is 19.5 Å². The minimum Gasteiger partial charge on any atom is -0.497 e. The van der Waals surface area contributed by atoms with Crippen LogP contribution in [-0.2, 0) is 4.79 Å². The molecule has 0 aromatic heterocycles. The molecule has 0 aliphatic heterocycles. The highest BCUT2D eigenvalue weighted by Crippen LogP contribution is 2.27. The van der Waals surface area contributed by atoms with Gasteiger partial charge in [-0.05, 0) is 78.9 Å². The van der Waals surface area contributed by atoms with E-state index in [4.69, 9.17) is 32.7 Å². The largest absolute Gasteiger partial charge is 0.497 e. The molecule has 0 saturated carbocycles. The molecule has 0 spiro atoms. The SMILES string of the molecule is COc1ccc(/C=C/C(=O)c2ccc(NC(=O)/C(=C/c3c(Cl)cccc3Cl)NC(=O)c3ccccc3)cc2)c(OC)c1. The Morgan fingerprint density at radius 1 is 0.762 bits per heavy atom. The molecule has 7 nitrogen and oxygen atoms in total. The first-order valence-corrected chi connectivity index (χ1v) is 13.4. The van der Waals surface area contributed by atoms with Crippen LogP contribution in [-0.4, -0.2) is 31.8 Å². The van der Waals surface area contributed by atoms with Crippen LogP contribution in [0, 0.1) is 0 Å². The molecule has 0 aliphatic rings. The molecular weight excluding hydrogens is 575 g/mol. The zero-order valence-corrected chi connectivity index (χ0v) is 24.2. The molecule has 42 heavy (non-hydrogen) atoms. The lowest BCUT2D eigenvalue weighted by Crippen LogP contribution is -2.30. The number of benzene rings is 4. The van der Waals surface area contributed by atoms with Crippen LogP contribution >= 0.6 is 23.2 Å². The molecular formula is C33H26Cl2N2O5. The molecule has 0 bridgehead atoms. The number of amides is 2. The third kappa shape index (κ3) is 7.66. The summed E-state index contributed by atoms with van der Waals surface area (Å²) in [6.45, 7) is 0. The number of ether oxygens (including phenoxy) is 2. The van der Waals surface area contributed by atoms with Gasteiger partial charge in [-0.1, -0.05) is 47.5 Å². The van der Waals surface area contributed by atoms with Crippen LogP contribution in [0.4, 0.5) is 5.69 Å². The zero-order valence-electron chi connectivity index (χ0n) is 22.7. The number of hydrogen-bond donors (Lipinski definition) is 2. The van der Waals surface area contributed by atoms with Gasteiger partial charge >= 0.3 is 0 Å². The van der Waals surface area contributed by atoms with Crippen molar-refractivity contribution in [2.24, 2.45) is 0 Å². The van der Waals surface area contributed by atoms with Crippen LogP contribution in [0.1, 0.15) is 31.8 Å². The first-order chi connectivity index (χ1) is 20.3. The fraction of sp³-hybridized carbons (Fsp3) is 0.0606. The van der Waals surface area contributed by atoms with Gasteiger partial charge in [0.2, 0.25) is 0 Å². The van der Waals surface area contributed by atoms with E-state index in [2.05, 4.69) is 10.6 Å². The standard InChI is InChI=1S/C33H26Cl2N2O5/c1-41-25-17-13-22(31(19-25)42-2)14-18-30(38)21-11-15-24(16-12-21)36-33(40)29(20-26-27(34)9-6-10-28(26)35)37-32(39)23-7-4-3-5-8-23/h3-20H,1-2H3,(H,36,40)(H,37,39)/b18-14+,29-20-. The second kappa shape index (κ2) is 14.2. The van der Waals surface area contributed by atoms with Crippen molar-refractivity contribution in [3.05, 3.63) is 135 Å². The van der Waals surface area contributed by atoms with Gasteiger partial charge in [0.25, 0.3) is 11.8 Å². The van der Waals surface area contributed by atoms with E-state index in [1.54, 1.807) is 104 Å². The molecule has 0 heterocycles. The quantitative estimate of drug-likeness (QED) is 0.147. The number of ketones is 1. The van der Waals surface area contributed by atoms with Crippen LogP contribution in [0.3, 0.4) is 0 Å². The van der Waals surface area contributed by atoms with Crippen LogP contribution in [0.15, 0.2) is 103 Å². The Balaban J connectivity index is 1.52. The molecule has 0 aliphatic carbocycles. The average molecular weight is 601 g/mol. The molecule has 4 aromatic carbocycles. The van der Waals surface area contributed by atoms with Gasteiger partial charge in [-0.25, -0.2) is 0 Å². The normalized spacial score (nSPS) is 11.2. The third-order valence-electron chi connectivity index (χ3n) is 6.10. The summed E-state index contributed by atoms with van der Waals surface area (Å²) in [6, 6.07) is 25.0. The van der Waals surface area contributed by atoms with Gasteiger partial charge < -0.3 is 20.1 Å². The van der Waals surface area contributed by atoms with Gasteiger partial charge in [0.1, 0.15) is 17.2 Å². The highest BCUT2D eigenvalue weighted by molar-refractivity contribution is 6.37. The average Bonchev–Trinajstić information content (AvgIpc) is 3.01. The van der Waals surface area contributed by atoms with Gasteiger partial charge in [0.15, 0.2) is 5.78 Å². The molecule has 2 N–H and O–H groups in total. The summed E-state index contributed by atoms with van der Waals surface area (Å²) in [6.07, 6.45) is 4.50. The Morgan fingerprint density at radius 2 is 1.45 bits per heavy atom. The Kier molecular flexibility index (Phi) is 10.2. The van der Waals surface area contributed by atoms with Crippen molar-refractivity contribution in [3.63, 3.8) is 0 Å². The van der Waals surface area contributed by atoms with Crippen molar-refractivity contribution >= 4 is 58.6 Å². The maximum Gasteiger partial charge on any atom is 0.272 e. The van der Waals surface area contributed by atoms with E-state index in [9.17, 15) is 14.4 Å². The number of nitrogens with one attached hydrogen (secondary N) is 2. The minimum absolute atomic E-state index is 0.0737. The minimum atomic E-state index is -0.610. The Bertz CT molecular complexity index is 1650. The van der Waals surface area contributed by atoms with Crippen molar-refractivity contribution in [1.82, 2.24) is 5.32 Å². The predicted molar refractivity (Wildman–Crippen MR) is 166 cm³/mol. The number of carbonyl (C=O) groups excluding carboxylic acids is 3. The predicted octanol–water partition coefficient (Wildman–Crippen LogP) is 7.32. The summed E-state index contributed by atoms with van der Waals surface area (Å²) in [4.78, 5) is 39.0. The number of hydrogen-bond acceptors (Lipinski definition) is 5. The van der Waals surface area contributed by atoms with Gasteiger partial charge in [0.05, 0.1) is 14.2 Å². The molecule has 4 aromatic rings. The summed E-state index contributed by atoms with van der Waals surface area (Å²) < 4.78 is 10.6. The molecule has 0 unspecified atom stereocenters. The van der Waals surface area contributed by atoms with E-state index in [0.29, 0.717) is 49.5 Å². The lowest BCUT2D eigenvalue weighted by Gasteiger charge is -2.12. The molecule has 2 amide bonds. The van der Waals surface area contributed by atoms with Crippen molar-refractivity contribution < 1.29 is 23.9 Å². The highest BCUT2D eigenvalue weighted by atomic mass is 35.5. The fourth-order valence-corrected chi connectivity index (χ4v) is 4.38. The Labute approximate surface area is 253 Å². The molecule has 0 fully saturated rings. The monoisotopic (exact) mass is 600 g/mol. The van der Waals surface area contributed by atoms with Gasteiger partial charge in [-0.2, -0.15) is 0 Å². The van der Waals surface area contributed by atoms with Gasteiger partial charge in [0, 0.05) is 44.1 Å². The molecule has 9 heteroatoms. The number of allylic oxidation sites excluding steroid dienone is 1. The second-order valence-electron chi connectivity index (χ2n) is 8.85. The van der Waals surface area contributed by atoms with Crippen LogP contribution in [0.2, 0.25) is 10.0 Å². The zero-order chi connectivity index (χ0) is 30.1. The van der Waals surface area contributed by atoms with Gasteiger partial charge in [-0.3, -0.25) is 14.4 Å². The summed E-state index contributed by atoms with van der Waals surface area (Å²) in [5.41, 5.74) is 2.20. The number of methoxy groups -OCH3 is 2. The lowest BCUT2D eigenvalue weighted by molar-refractivity contribution is -0.113. The van der Waals surface area contributed by atoms with Crippen molar-refractivity contribution in [2.45, 2.75) is 0 Å². The van der Waals surface area contributed by atoms with E-state index < -0.39 is 11.8 Å². The summed E-state index contributed by atoms with van der Waals surface area (Å²) >= 11 is 12.6. The smallest absolute Gasteiger partial charge is 0.272 e. The van der Waals surface area contributed by atoms with E-state index in [1.807, 2.05) is 0 Å². The van der Waals surface area contributed by atoms with E-state index in [1.165, 1.54) is 19.3 Å². The van der Waals surface area contributed by atoms with Crippen molar-refractivity contribution in [3.8, 4) is 11.5 Å². The summed E-state index contributed by atoms with van der Waals surface area (Å²) in [5, 5.41) is 6.01. The molecule has 0 saturated heterocycles. The second-order valence-corrected chi connectivity index (χ2v) is 9.66. The van der Waals surface area contributed by atoms with E-state index in [0.717, 1.165) is 0 Å². The van der Waals surface area contributed by atoms with Crippen LogP contribution in [0.5, 0.6) is 11.5 Å². The van der Waals surface area contributed by atoms with E-state index >= 15 is 0 Å². The Morgan fingerprint density at radius 3 is 2.10 bits per heavy atom. The molecule has 0 atom stereocenters. The highest BCUT2D eigenvalue weighted by Gasteiger charge is 2.17. The van der Waals surface area contributed by atoms with Gasteiger partial charge in [-0.15, -0.1) is 0 Å². The summed E-state index contributed by atoms with van der Waals surface area (Å²) in [7, 11) is 3.10. The van der Waals surface area contributed by atoms with Crippen LogP contribution < -0.4 is 20.1 Å². The lowest BCUT2D eigenvalue weighted by atomic mass is 10.1. The maximum atomic E-state index is 13.3. The van der Waals surface area contributed by atoms with Crippen LogP contribution in [0.25, 0.3) is 12.2 Å². The maximum absolute atomic E-state index is 13.3.